The zero-order chi connectivity index (χ0) is 16.1. The molecule has 0 aromatic heterocycles. The molecule has 0 aliphatic heterocycles. The van der Waals surface area contributed by atoms with E-state index in [1.807, 2.05) is 0 Å². The lowest BCUT2D eigenvalue weighted by Crippen LogP contribution is -2.08. The third kappa shape index (κ3) is 4.12. The van der Waals surface area contributed by atoms with Crippen molar-refractivity contribution in [2.75, 3.05) is 4.72 Å². The highest BCUT2D eigenvalue weighted by atomic mass is 32.2. The molecule has 2 aromatic carbocycles. The van der Waals surface area contributed by atoms with Gasteiger partial charge < -0.3 is 14.0 Å². The van der Waals surface area contributed by atoms with Gasteiger partial charge in [-0.15, -0.1) is 0 Å². The number of Topliss-reactive ketones (excluding diaryl/α,β-unsaturated/α-hetero) is 1. The minimum atomic E-state index is -2.51. The number of rotatable bonds is 6. The largest absolute Gasteiger partial charge is 0.755 e. The molecule has 0 radical (unpaired) electrons. The van der Waals surface area contributed by atoms with Crippen LogP contribution in [0.25, 0.3) is 0 Å². The molecule has 0 aliphatic rings. The number of ketones is 1. The highest BCUT2D eigenvalue weighted by Gasteiger charge is 2.09. The summed E-state index contributed by atoms with van der Waals surface area (Å²) in [6, 6.07) is 10.4. The quantitative estimate of drug-likeness (QED) is 0.655. The third-order valence-corrected chi connectivity index (χ3v) is 3.31. The fourth-order valence-corrected chi connectivity index (χ4v) is 2.22. The molecule has 0 amide bonds. The van der Waals surface area contributed by atoms with E-state index in [0.717, 1.165) is 0 Å². The Labute approximate surface area is 129 Å². The summed E-state index contributed by atoms with van der Waals surface area (Å²) < 4.78 is 42.7. The van der Waals surface area contributed by atoms with Gasteiger partial charge in [0.1, 0.15) is 6.61 Å². The summed E-state index contributed by atoms with van der Waals surface area (Å²) in [5, 5.41) is 0. The maximum Gasteiger partial charge on any atom is 0.165 e. The van der Waals surface area contributed by atoms with Crippen molar-refractivity contribution >= 4 is 22.7 Å². The fourth-order valence-electron chi connectivity index (χ4n) is 1.84. The van der Waals surface area contributed by atoms with Crippen LogP contribution in [0.4, 0.5) is 10.1 Å². The molecule has 0 spiro atoms. The molecule has 0 heterocycles. The number of hydrogen-bond acceptors (Lipinski definition) is 4. The number of benzene rings is 2. The van der Waals surface area contributed by atoms with E-state index in [1.165, 1.54) is 43.3 Å². The normalized spacial score (nSPS) is 11.8. The van der Waals surface area contributed by atoms with Crippen molar-refractivity contribution < 1.29 is 22.7 Å². The van der Waals surface area contributed by atoms with E-state index in [-0.39, 0.29) is 23.8 Å². The van der Waals surface area contributed by atoms with Crippen molar-refractivity contribution in [1.82, 2.24) is 0 Å². The molecule has 0 saturated carbocycles. The van der Waals surface area contributed by atoms with Crippen molar-refractivity contribution in [3.05, 3.63) is 59.4 Å². The number of ether oxygens (including phenoxy) is 1. The third-order valence-electron chi connectivity index (χ3n) is 2.92. The monoisotopic (exact) mass is 322 g/mol. The van der Waals surface area contributed by atoms with E-state index in [1.54, 1.807) is 6.07 Å². The van der Waals surface area contributed by atoms with Crippen molar-refractivity contribution in [2.45, 2.75) is 13.5 Å². The average molecular weight is 322 g/mol. The highest BCUT2D eigenvalue weighted by molar-refractivity contribution is 7.80. The van der Waals surface area contributed by atoms with Crippen LogP contribution >= 0.6 is 0 Å². The maximum absolute atomic E-state index is 13.5. The smallest absolute Gasteiger partial charge is 0.165 e. The second kappa shape index (κ2) is 7.15. The molecule has 1 atom stereocenters. The lowest BCUT2D eigenvalue weighted by molar-refractivity contribution is 0.101. The molecule has 2 rings (SSSR count). The standard InChI is InChI=1S/C15H14FNO4S/c1-10(18)11-6-7-14(17-22(19)20)12(8-11)9-21-15-5-3-2-4-13(15)16/h2-8,17H,9H2,1H3,(H,19,20)/p-1. The Morgan fingerprint density at radius 2 is 2.05 bits per heavy atom. The predicted molar refractivity (Wildman–Crippen MR) is 79.7 cm³/mol. The second-order valence-electron chi connectivity index (χ2n) is 4.48. The topological polar surface area (TPSA) is 78.5 Å². The first-order valence-electron chi connectivity index (χ1n) is 6.34. The zero-order valence-corrected chi connectivity index (χ0v) is 12.5. The predicted octanol–water partition coefficient (Wildman–Crippen LogP) is 2.81. The van der Waals surface area contributed by atoms with Crippen LogP contribution in [-0.2, 0) is 17.9 Å². The number of hydrogen-bond donors (Lipinski definition) is 1. The first kappa shape index (κ1) is 16.1. The summed E-state index contributed by atoms with van der Waals surface area (Å²) in [6.45, 7) is 1.32. The van der Waals surface area contributed by atoms with Gasteiger partial charge in [0.05, 0.1) is 5.69 Å². The minimum Gasteiger partial charge on any atom is -0.755 e. The van der Waals surface area contributed by atoms with E-state index in [2.05, 4.69) is 4.72 Å². The molecule has 0 fully saturated rings. The molecule has 5 nitrogen and oxygen atoms in total. The van der Waals surface area contributed by atoms with Gasteiger partial charge in [-0.2, -0.15) is 0 Å². The molecule has 0 bridgehead atoms. The Morgan fingerprint density at radius 1 is 1.32 bits per heavy atom. The number of para-hydroxylation sites is 1. The Bertz CT molecular complexity index is 720. The summed E-state index contributed by atoms with van der Waals surface area (Å²) in [5.41, 5.74) is 1.11. The van der Waals surface area contributed by atoms with Gasteiger partial charge in [0, 0.05) is 22.4 Å². The Kier molecular flexibility index (Phi) is 5.24. The lowest BCUT2D eigenvalue weighted by atomic mass is 10.1. The zero-order valence-electron chi connectivity index (χ0n) is 11.7. The van der Waals surface area contributed by atoms with Gasteiger partial charge in [-0.25, -0.2) is 4.39 Å². The molecule has 0 saturated heterocycles. The first-order valence-corrected chi connectivity index (χ1v) is 7.42. The Morgan fingerprint density at radius 3 is 2.68 bits per heavy atom. The van der Waals surface area contributed by atoms with Gasteiger partial charge in [0.15, 0.2) is 17.3 Å². The summed E-state index contributed by atoms with van der Waals surface area (Å²) in [5.74, 6) is -0.640. The van der Waals surface area contributed by atoms with Crippen molar-refractivity contribution in [3.63, 3.8) is 0 Å². The number of anilines is 1. The molecule has 1 unspecified atom stereocenters. The van der Waals surface area contributed by atoms with E-state index in [4.69, 9.17) is 4.74 Å². The van der Waals surface area contributed by atoms with Crippen LogP contribution in [0, 0.1) is 5.82 Å². The molecule has 2 aromatic rings. The van der Waals surface area contributed by atoms with E-state index in [0.29, 0.717) is 11.1 Å². The molecular weight excluding hydrogens is 309 g/mol. The highest BCUT2D eigenvalue weighted by Crippen LogP contribution is 2.22. The van der Waals surface area contributed by atoms with Gasteiger partial charge in [-0.05, 0) is 37.3 Å². The van der Waals surface area contributed by atoms with Crippen LogP contribution in [0.1, 0.15) is 22.8 Å². The summed E-state index contributed by atoms with van der Waals surface area (Å²) in [4.78, 5) is 11.4. The van der Waals surface area contributed by atoms with Gasteiger partial charge in [-0.3, -0.25) is 9.00 Å². The average Bonchev–Trinajstić information content (AvgIpc) is 2.47. The van der Waals surface area contributed by atoms with Gasteiger partial charge in [-0.1, -0.05) is 12.1 Å². The van der Waals surface area contributed by atoms with E-state index >= 15 is 0 Å². The van der Waals surface area contributed by atoms with Crippen molar-refractivity contribution in [1.29, 1.82) is 0 Å². The summed E-state index contributed by atoms with van der Waals surface area (Å²) >= 11 is -2.51. The van der Waals surface area contributed by atoms with Crippen LogP contribution in [0.15, 0.2) is 42.5 Å². The Hall–Kier alpha value is -2.25. The van der Waals surface area contributed by atoms with Gasteiger partial charge in [0.2, 0.25) is 0 Å². The number of halogens is 1. The fraction of sp³-hybridized carbons (Fsp3) is 0.133. The van der Waals surface area contributed by atoms with Crippen LogP contribution in [0.3, 0.4) is 0 Å². The summed E-state index contributed by atoms with van der Waals surface area (Å²) in [6.07, 6.45) is 0. The molecule has 7 heteroatoms. The van der Waals surface area contributed by atoms with Gasteiger partial charge in [0.25, 0.3) is 0 Å². The Balaban J connectivity index is 2.26. The molecule has 1 N–H and O–H groups in total. The van der Waals surface area contributed by atoms with Crippen LogP contribution in [0.5, 0.6) is 5.75 Å². The maximum atomic E-state index is 13.5. The number of nitrogens with one attached hydrogen (secondary N) is 1. The van der Waals surface area contributed by atoms with E-state index in [9.17, 15) is 17.9 Å². The summed E-state index contributed by atoms with van der Waals surface area (Å²) in [7, 11) is 0. The number of carbonyl (C=O) groups is 1. The minimum absolute atomic E-state index is 0.0462. The van der Waals surface area contributed by atoms with Crippen LogP contribution in [-0.4, -0.2) is 14.5 Å². The van der Waals surface area contributed by atoms with Crippen LogP contribution < -0.4 is 9.46 Å². The SMILES string of the molecule is CC(=O)c1ccc(NS(=O)[O-])c(COc2ccccc2F)c1. The molecule has 116 valence electrons. The van der Waals surface area contributed by atoms with Crippen molar-refractivity contribution in [3.8, 4) is 5.75 Å². The molecular formula is C15H13FNO4S-. The molecule has 0 aliphatic carbocycles. The second-order valence-corrected chi connectivity index (χ2v) is 5.16. The molecule has 22 heavy (non-hydrogen) atoms. The lowest BCUT2D eigenvalue weighted by Gasteiger charge is -2.15. The van der Waals surface area contributed by atoms with E-state index < -0.39 is 17.1 Å². The van der Waals surface area contributed by atoms with Gasteiger partial charge >= 0.3 is 0 Å². The van der Waals surface area contributed by atoms with Crippen LogP contribution in [0.2, 0.25) is 0 Å². The number of carbonyl (C=O) groups excluding carboxylic acids is 1. The first-order chi connectivity index (χ1) is 10.5. The van der Waals surface area contributed by atoms with Crippen molar-refractivity contribution in [2.24, 2.45) is 0 Å².